The molecule has 10 heavy (non-hydrogen) atoms. The third kappa shape index (κ3) is 4.01. The summed E-state index contributed by atoms with van der Waals surface area (Å²) in [6, 6.07) is 0. The van der Waals surface area contributed by atoms with Gasteiger partial charge in [-0.2, -0.15) is 0 Å². The molecule has 56 valence electrons. The minimum Gasteiger partial charge on any atom is -0.300 e. The number of carbonyl (C=O) groups is 2. The summed E-state index contributed by atoms with van der Waals surface area (Å²) in [5.74, 6) is 0.113. The van der Waals surface area contributed by atoms with Crippen LogP contribution in [0.25, 0.3) is 0 Å². The van der Waals surface area contributed by atoms with Crippen LogP contribution in [0.1, 0.15) is 27.2 Å². The topological polar surface area (TPSA) is 34.1 Å². The lowest BCUT2D eigenvalue weighted by Crippen LogP contribution is -1.93. The maximum Gasteiger partial charge on any atom is 0.155 e. The monoisotopic (exact) mass is 140 g/mol. The van der Waals surface area contributed by atoms with E-state index in [1.54, 1.807) is 13.0 Å². The highest BCUT2D eigenvalue weighted by Gasteiger charge is 1.95. The molecule has 0 saturated heterocycles. The van der Waals surface area contributed by atoms with Gasteiger partial charge in [-0.25, -0.2) is 0 Å². The molecule has 2 heteroatoms. The van der Waals surface area contributed by atoms with Crippen molar-refractivity contribution in [1.29, 1.82) is 0 Å². The largest absolute Gasteiger partial charge is 0.300 e. The average Bonchev–Trinajstić information content (AvgIpc) is 1.82. The van der Waals surface area contributed by atoms with Gasteiger partial charge in [-0.3, -0.25) is 9.59 Å². The van der Waals surface area contributed by atoms with Crippen LogP contribution in [0, 0.1) is 0 Å². The maximum atomic E-state index is 10.6. The van der Waals surface area contributed by atoms with Gasteiger partial charge in [-0.15, -0.1) is 0 Å². The molecule has 0 aliphatic heterocycles. The molecule has 2 nitrogen and oxygen atoms in total. The Kier molecular flexibility index (Phi) is 3.62. The molecule has 0 amide bonds. The fraction of sp³-hybridized carbons (Fsp3) is 0.500. The molecule has 0 aromatic heterocycles. The smallest absolute Gasteiger partial charge is 0.155 e. The van der Waals surface area contributed by atoms with E-state index < -0.39 is 0 Å². The van der Waals surface area contributed by atoms with Crippen LogP contribution in [-0.4, -0.2) is 11.6 Å². The van der Waals surface area contributed by atoms with Gasteiger partial charge in [-0.05, 0) is 26.3 Å². The third-order valence-corrected chi connectivity index (χ3v) is 1.25. The Morgan fingerprint density at radius 2 is 1.70 bits per heavy atom. The van der Waals surface area contributed by atoms with Gasteiger partial charge < -0.3 is 0 Å². The molecule has 0 heterocycles. The van der Waals surface area contributed by atoms with Crippen LogP contribution in [0.4, 0.5) is 0 Å². The second kappa shape index (κ2) is 3.99. The minimum absolute atomic E-state index is 0.0289. The van der Waals surface area contributed by atoms with E-state index in [0.29, 0.717) is 12.0 Å². The van der Waals surface area contributed by atoms with Gasteiger partial charge in [-0.1, -0.05) is 6.08 Å². The predicted octanol–water partition coefficient (Wildman–Crippen LogP) is 1.50. The van der Waals surface area contributed by atoms with E-state index in [0.717, 1.165) is 0 Å². The Hall–Kier alpha value is -0.920. The third-order valence-electron chi connectivity index (χ3n) is 1.25. The van der Waals surface area contributed by atoms with Crippen molar-refractivity contribution in [1.82, 2.24) is 0 Å². The summed E-state index contributed by atoms with van der Waals surface area (Å²) in [6.45, 7) is 4.71. The fourth-order valence-electron chi connectivity index (χ4n) is 0.441. The first-order valence-electron chi connectivity index (χ1n) is 3.21. The van der Waals surface area contributed by atoms with Crippen molar-refractivity contribution < 1.29 is 9.59 Å². The number of allylic oxidation sites excluding steroid dienone is 2. The standard InChI is InChI=1S/C8H12O2/c1-6(8(3)10)4-5-7(2)9/h4H,5H2,1-3H3/b6-4-. The first kappa shape index (κ1) is 9.08. The average molecular weight is 140 g/mol. The molecule has 0 bridgehead atoms. The molecule has 0 N–H and O–H groups in total. The Labute approximate surface area is 60.9 Å². The second-order valence-corrected chi connectivity index (χ2v) is 2.35. The van der Waals surface area contributed by atoms with Crippen molar-refractivity contribution in [3.05, 3.63) is 11.6 Å². The summed E-state index contributed by atoms with van der Waals surface area (Å²) in [5.41, 5.74) is 0.662. The van der Waals surface area contributed by atoms with Crippen molar-refractivity contribution in [3.63, 3.8) is 0 Å². The number of Topliss-reactive ketones (excluding diaryl/α,β-unsaturated/α-hetero) is 2. The second-order valence-electron chi connectivity index (χ2n) is 2.35. The van der Waals surface area contributed by atoms with Crippen LogP contribution in [-0.2, 0) is 9.59 Å². The van der Waals surface area contributed by atoms with Crippen LogP contribution in [0.3, 0.4) is 0 Å². The lowest BCUT2D eigenvalue weighted by atomic mass is 10.1. The highest BCUT2D eigenvalue weighted by Crippen LogP contribution is 1.96. The summed E-state index contributed by atoms with van der Waals surface area (Å²) in [4.78, 5) is 21.0. The zero-order valence-electron chi connectivity index (χ0n) is 6.60. The van der Waals surface area contributed by atoms with E-state index in [-0.39, 0.29) is 11.6 Å². The van der Waals surface area contributed by atoms with E-state index in [1.807, 2.05) is 0 Å². The molecule has 0 aromatic rings. The van der Waals surface area contributed by atoms with Crippen LogP contribution in [0.15, 0.2) is 11.6 Å². The van der Waals surface area contributed by atoms with E-state index in [4.69, 9.17) is 0 Å². The molecular formula is C8H12O2. The Morgan fingerprint density at radius 3 is 2.00 bits per heavy atom. The highest BCUT2D eigenvalue weighted by atomic mass is 16.1. The number of rotatable bonds is 3. The summed E-state index contributed by atoms with van der Waals surface area (Å²) in [5, 5.41) is 0. The normalized spacial score (nSPS) is 11.3. The quantitative estimate of drug-likeness (QED) is 0.557. The first-order valence-corrected chi connectivity index (χ1v) is 3.21. The molecule has 0 atom stereocenters. The molecule has 0 radical (unpaired) electrons. The summed E-state index contributed by atoms with van der Waals surface area (Å²) in [7, 11) is 0. The molecule has 0 aliphatic carbocycles. The Morgan fingerprint density at radius 1 is 1.20 bits per heavy atom. The van der Waals surface area contributed by atoms with Crippen molar-refractivity contribution >= 4 is 11.6 Å². The molecule has 0 unspecified atom stereocenters. The Balaban J connectivity index is 3.92. The van der Waals surface area contributed by atoms with Crippen LogP contribution < -0.4 is 0 Å². The lowest BCUT2D eigenvalue weighted by Gasteiger charge is -1.90. The van der Waals surface area contributed by atoms with Crippen molar-refractivity contribution in [3.8, 4) is 0 Å². The zero-order chi connectivity index (χ0) is 8.15. The van der Waals surface area contributed by atoms with Gasteiger partial charge in [0.2, 0.25) is 0 Å². The maximum absolute atomic E-state index is 10.6. The van der Waals surface area contributed by atoms with E-state index in [9.17, 15) is 9.59 Å². The van der Waals surface area contributed by atoms with Crippen molar-refractivity contribution in [2.75, 3.05) is 0 Å². The van der Waals surface area contributed by atoms with Crippen LogP contribution in [0.2, 0.25) is 0 Å². The SMILES string of the molecule is CC(=O)C/C=C(/C)C(C)=O. The molecule has 0 aromatic carbocycles. The number of hydrogen-bond acceptors (Lipinski definition) is 2. The van der Waals surface area contributed by atoms with Gasteiger partial charge >= 0.3 is 0 Å². The van der Waals surface area contributed by atoms with Gasteiger partial charge in [0.05, 0.1) is 0 Å². The molecule has 0 saturated carbocycles. The van der Waals surface area contributed by atoms with Crippen LogP contribution >= 0.6 is 0 Å². The van der Waals surface area contributed by atoms with Gasteiger partial charge in [0, 0.05) is 6.42 Å². The van der Waals surface area contributed by atoms with Gasteiger partial charge in [0.15, 0.2) is 5.78 Å². The first-order chi connectivity index (χ1) is 4.54. The molecular weight excluding hydrogens is 128 g/mol. The van der Waals surface area contributed by atoms with Gasteiger partial charge in [0.25, 0.3) is 0 Å². The van der Waals surface area contributed by atoms with Crippen molar-refractivity contribution in [2.45, 2.75) is 27.2 Å². The Bertz CT molecular complexity index is 178. The number of hydrogen-bond donors (Lipinski definition) is 0. The summed E-state index contributed by atoms with van der Waals surface area (Å²) >= 11 is 0. The fourth-order valence-corrected chi connectivity index (χ4v) is 0.441. The summed E-state index contributed by atoms with van der Waals surface area (Å²) in [6.07, 6.45) is 2.02. The summed E-state index contributed by atoms with van der Waals surface area (Å²) < 4.78 is 0. The van der Waals surface area contributed by atoms with Gasteiger partial charge in [0.1, 0.15) is 5.78 Å². The van der Waals surface area contributed by atoms with E-state index in [2.05, 4.69) is 0 Å². The molecule has 0 aliphatic rings. The number of ketones is 2. The molecule has 0 rings (SSSR count). The van der Waals surface area contributed by atoms with E-state index in [1.165, 1.54) is 13.8 Å². The number of carbonyl (C=O) groups excluding carboxylic acids is 2. The van der Waals surface area contributed by atoms with Crippen molar-refractivity contribution in [2.24, 2.45) is 0 Å². The highest BCUT2D eigenvalue weighted by molar-refractivity contribution is 5.93. The zero-order valence-corrected chi connectivity index (χ0v) is 6.60. The molecule has 0 spiro atoms. The van der Waals surface area contributed by atoms with Crippen LogP contribution in [0.5, 0.6) is 0 Å². The minimum atomic E-state index is 0.0289. The predicted molar refractivity (Wildman–Crippen MR) is 39.7 cm³/mol. The lowest BCUT2D eigenvalue weighted by molar-refractivity contribution is -0.116. The van der Waals surface area contributed by atoms with E-state index >= 15 is 0 Å². The molecule has 0 fully saturated rings.